The zero-order valence-electron chi connectivity index (χ0n) is 9.07. The van der Waals surface area contributed by atoms with Crippen LogP contribution in [0.2, 0.25) is 0 Å². The Bertz CT molecular complexity index is 505. The number of carbonyl (C=O) groups is 1. The first-order valence-electron chi connectivity index (χ1n) is 4.93. The Labute approximate surface area is 106 Å². The fourth-order valence-corrected chi connectivity index (χ4v) is 1.99. The van der Waals surface area contributed by atoms with Crippen LogP contribution in [0.3, 0.4) is 0 Å². The standard InChI is InChI=1S/C10H10BrN5O/c1-6-2-7(4-8(11)3-6)10(17)12-5-9-13-15-16-14-9/h2-4H,5H2,1H3,(H,12,17)(H,13,14,15,16). The number of H-pyrrole nitrogens is 1. The van der Waals surface area contributed by atoms with Gasteiger partial charge in [-0.3, -0.25) is 4.79 Å². The summed E-state index contributed by atoms with van der Waals surface area (Å²) in [5.41, 5.74) is 1.62. The third kappa shape index (κ3) is 3.10. The number of halogens is 1. The molecule has 0 saturated carbocycles. The van der Waals surface area contributed by atoms with E-state index in [2.05, 4.69) is 41.9 Å². The molecule has 1 heterocycles. The van der Waals surface area contributed by atoms with Crippen LogP contribution in [0.15, 0.2) is 22.7 Å². The van der Waals surface area contributed by atoms with Crippen LogP contribution in [0.4, 0.5) is 0 Å². The Kier molecular flexibility index (Phi) is 3.48. The Morgan fingerprint density at radius 3 is 2.94 bits per heavy atom. The molecule has 1 aromatic carbocycles. The lowest BCUT2D eigenvalue weighted by atomic mass is 10.1. The van der Waals surface area contributed by atoms with Gasteiger partial charge in [0.1, 0.15) is 0 Å². The Hall–Kier alpha value is -1.76. The number of nitrogens with one attached hydrogen (secondary N) is 2. The van der Waals surface area contributed by atoms with E-state index >= 15 is 0 Å². The van der Waals surface area contributed by atoms with Crippen LogP contribution in [0.25, 0.3) is 0 Å². The number of hydrogen-bond acceptors (Lipinski definition) is 4. The van der Waals surface area contributed by atoms with E-state index in [0.717, 1.165) is 10.0 Å². The van der Waals surface area contributed by atoms with Gasteiger partial charge >= 0.3 is 0 Å². The van der Waals surface area contributed by atoms with Gasteiger partial charge in [0.2, 0.25) is 0 Å². The van der Waals surface area contributed by atoms with Gasteiger partial charge in [-0.25, -0.2) is 0 Å². The topological polar surface area (TPSA) is 83.6 Å². The summed E-state index contributed by atoms with van der Waals surface area (Å²) >= 11 is 3.35. The molecule has 17 heavy (non-hydrogen) atoms. The molecule has 1 aromatic heterocycles. The van der Waals surface area contributed by atoms with Crippen molar-refractivity contribution in [2.24, 2.45) is 0 Å². The minimum atomic E-state index is -0.167. The molecule has 2 N–H and O–H groups in total. The van der Waals surface area contributed by atoms with Crippen LogP contribution in [0, 0.1) is 6.92 Å². The number of nitrogens with zero attached hydrogens (tertiary/aromatic N) is 3. The number of aromatic amines is 1. The fraction of sp³-hybridized carbons (Fsp3) is 0.200. The Morgan fingerprint density at radius 2 is 2.29 bits per heavy atom. The molecule has 88 valence electrons. The van der Waals surface area contributed by atoms with Gasteiger partial charge in [0.05, 0.1) is 6.54 Å². The molecule has 0 saturated heterocycles. The molecule has 0 aliphatic heterocycles. The lowest BCUT2D eigenvalue weighted by Crippen LogP contribution is -2.23. The molecule has 0 unspecified atom stereocenters. The molecule has 0 aliphatic rings. The van der Waals surface area contributed by atoms with Gasteiger partial charge in [0.25, 0.3) is 5.91 Å². The van der Waals surface area contributed by atoms with E-state index in [1.807, 2.05) is 19.1 Å². The highest BCUT2D eigenvalue weighted by Crippen LogP contribution is 2.15. The van der Waals surface area contributed by atoms with Crippen LogP contribution in [-0.4, -0.2) is 26.5 Å². The monoisotopic (exact) mass is 295 g/mol. The number of amides is 1. The molecule has 6 nitrogen and oxygen atoms in total. The van der Waals surface area contributed by atoms with Gasteiger partial charge in [-0.15, -0.1) is 10.2 Å². The summed E-state index contributed by atoms with van der Waals surface area (Å²) in [5, 5.41) is 15.9. The van der Waals surface area contributed by atoms with E-state index in [4.69, 9.17) is 0 Å². The maximum absolute atomic E-state index is 11.8. The second-order valence-corrected chi connectivity index (χ2v) is 4.44. The average molecular weight is 296 g/mol. The van der Waals surface area contributed by atoms with E-state index in [1.54, 1.807) is 6.07 Å². The van der Waals surface area contributed by atoms with Crippen LogP contribution < -0.4 is 5.32 Å². The first kappa shape index (κ1) is 11.7. The van der Waals surface area contributed by atoms with Crippen molar-refractivity contribution in [3.8, 4) is 0 Å². The number of tetrazole rings is 1. The lowest BCUT2D eigenvalue weighted by Gasteiger charge is -2.04. The van der Waals surface area contributed by atoms with Crippen molar-refractivity contribution in [3.63, 3.8) is 0 Å². The van der Waals surface area contributed by atoms with Crippen LogP contribution in [0.5, 0.6) is 0 Å². The molecule has 7 heteroatoms. The molecule has 0 bridgehead atoms. The number of aryl methyl sites for hydroxylation is 1. The summed E-state index contributed by atoms with van der Waals surface area (Å²) in [6, 6.07) is 5.52. The van der Waals surface area contributed by atoms with Gasteiger partial charge < -0.3 is 5.32 Å². The van der Waals surface area contributed by atoms with Crippen molar-refractivity contribution >= 4 is 21.8 Å². The van der Waals surface area contributed by atoms with Crippen molar-refractivity contribution < 1.29 is 4.79 Å². The van der Waals surface area contributed by atoms with Gasteiger partial charge in [-0.05, 0) is 30.7 Å². The highest BCUT2D eigenvalue weighted by Gasteiger charge is 2.08. The number of carbonyl (C=O) groups excluding carboxylic acids is 1. The second kappa shape index (κ2) is 5.05. The third-order valence-electron chi connectivity index (χ3n) is 2.10. The highest BCUT2D eigenvalue weighted by atomic mass is 79.9. The second-order valence-electron chi connectivity index (χ2n) is 3.53. The number of hydrogen-bond donors (Lipinski definition) is 2. The van der Waals surface area contributed by atoms with Gasteiger partial charge in [0, 0.05) is 10.0 Å². The van der Waals surface area contributed by atoms with E-state index in [1.165, 1.54) is 0 Å². The molecule has 0 atom stereocenters. The average Bonchev–Trinajstić information content (AvgIpc) is 2.77. The highest BCUT2D eigenvalue weighted by molar-refractivity contribution is 9.10. The van der Waals surface area contributed by atoms with Crippen molar-refractivity contribution in [1.29, 1.82) is 0 Å². The Balaban J connectivity index is 2.04. The maximum atomic E-state index is 11.8. The van der Waals surface area contributed by atoms with E-state index in [-0.39, 0.29) is 12.5 Å². The Morgan fingerprint density at radius 1 is 1.47 bits per heavy atom. The number of rotatable bonds is 3. The van der Waals surface area contributed by atoms with Crippen LogP contribution in [-0.2, 0) is 6.54 Å². The van der Waals surface area contributed by atoms with E-state index in [0.29, 0.717) is 11.4 Å². The van der Waals surface area contributed by atoms with Gasteiger partial charge in [0.15, 0.2) is 5.82 Å². The number of aromatic nitrogens is 4. The van der Waals surface area contributed by atoms with Gasteiger partial charge in [-0.1, -0.05) is 21.1 Å². The first-order valence-corrected chi connectivity index (χ1v) is 5.72. The molecule has 1 amide bonds. The molecule has 2 rings (SSSR count). The molecular formula is C10H10BrN5O. The van der Waals surface area contributed by atoms with Crippen molar-refractivity contribution in [2.75, 3.05) is 0 Å². The van der Waals surface area contributed by atoms with Crippen molar-refractivity contribution in [2.45, 2.75) is 13.5 Å². The van der Waals surface area contributed by atoms with Gasteiger partial charge in [-0.2, -0.15) is 5.21 Å². The number of benzene rings is 1. The summed E-state index contributed by atoms with van der Waals surface area (Å²) in [5.74, 6) is 0.282. The molecule has 2 aromatic rings. The predicted molar refractivity (Wildman–Crippen MR) is 64.2 cm³/mol. The normalized spacial score (nSPS) is 10.2. The quantitative estimate of drug-likeness (QED) is 0.891. The largest absolute Gasteiger partial charge is 0.345 e. The molecule has 0 spiro atoms. The molecule has 0 fully saturated rings. The predicted octanol–water partition coefficient (Wildman–Crippen LogP) is 1.20. The maximum Gasteiger partial charge on any atom is 0.251 e. The lowest BCUT2D eigenvalue weighted by molar-refractivity contribution is 0.0949. The SMILES string of the molecule is Cc1cc(Br)cc(C(=O)NCc2nn[nH]n2)c1. The molecule has 0 aliphatic carbocycles. The molecule has 0 radical (unpaired) electrons. The fourth-order valence-electron chi connectivity index (χ4n) is 1.39. The van der Waals surface area contributed by atoms with Crippen LogP contribution >= 0.6 is 15.9 Å². The smallest absolute Gasteiger partial charge is 0.251 e. The minimum absolute atomic E-state index is 0.167. The summed E-state index contributed by atoms with van der Waals surface area (Å²) < 4.78 is 0.877. The summed E-state index contributed by atoms with van der Waals surface area (Å²) in [7, 11) is 0. The molecular weight excluding hydrogens is 286 g/mol. The van der Waals surface area contributed by atoms with Crippen LogP contribution in [0.1, 0.15) is 21.7 Å². The van der Waals surface area contributed by atoms with E-state index in [9.17, 15) is 4.79 Å². The van der Waals surface area contributed by atoms with Crippen molar-refractivity contribution in [3.05, 3.63) is 39.6 Å². The third-order valence-corrected chi connectivity index (χ3v) is 2.56. The van der Waals surface area contributed by atoms with Crippen molar-refractivity contribution in [1.82, 2.24) is 25.9 Å². The zero-order valence-corrected chi connectivity index (χ0v) is 10.7. The zero-order chi connectivity index (χ0) is 12.3. The first-order chi connectivity index (χ1) is 8.15. The summed E-state index contributed by atoms with van der Waals surface area (Å²) in [4.78, 5) is 11.8. The summed E-state index contributed by atoms with van der Waals surface area (Å²) in [6.07, 6.45) is 0. The van der Waals surface area contributed by atoms with E-state index < -0.39 is 0 Å². The summed E-state index contributed by atoms with van der Waals surface area (Å²) in [6.45, 7) is 2.18. The minimum Gasteiger partial charge on any atom is -0.345 e.